The molecular weight excluding hydrogens is 506 g/mol. The molecule has 2 amide bonds. The first-order valence-corrected chi connectivity index (χ1v) is 13.7. The third-order valence-electron chi connectivity index (χ3n) is 7.98. The van der Waals surface area contributed by atoms with E-state index >= 15 is 0 Å². The number of rotatable bonds is 8. The third-order valence-corrected chi connectivity index (χ3v) is 7.98. The van der Waals surface area contributed by atoms with Crippen molar-refractivity contribution in [3.8, 4) is 17.2 Å². The van der Waals surface area contributed by atoms with Crippen LogP contribution >= 0.6 is 0 Å². The second-order valence-electron chi connectivity index (χ2n) is 10.2. The van der Waals surface area contributed by atoms with Crippen LogP contribution in [0.5, 0.6) is 17.2 Å². The zero-order valence-electron chi connectivity index (χ0n) is 23.0. The maximum absolute atomic E-state index is 14.0. The standard InChI is InChI=1S/C32H33N3O5/c1-4-40-27-14-11-21(17-28(27)39-3)31-30-24(23-7-5-6-8-25(23)33-30)18-26-32(37)34(19-29(36)35(26)31)16-15-20-9-12-22(38-2)13-10-20/h5-14,17,26,31,33H,4,15-16,18-19H2,1-3H3/t26-,31+/m0/s1. The Labute approximate surface area is 233 Å². The van der Waals surface area contributed by atoms with Gasteiger partial charge in [-0.15, -0.1) is 0 Å². The van der Waals surface area contributed by atoms with Crippen LogP contribution in [0.25, 0.3) is 10.9 Å². The SMILES string of the molecule is CCOc1ccc([C@@H]2c3[nH]c4ccccc4c3C[C@H]3C(=O)N(CCc4ccc(OC)cc4)CC(=O)N23)cc1OC. The lowest BCUT2D eigenvalue weighted by Crippen LogP contribution is -2.63. The third kappa shape index (κ3) is 4.43. The summed E-state index contributed by atoms with van der Waals surface area (Å²) in [7, 11) is 3.24. The molecular formula is C32H33N3O5. The minimum absolute atomic E-state index is 0.0213. The molecule has 1 aromatic heterocycles. The number of ether oxygens (including phenoxy) is 3. The highest BCUT2D eigenvalue weighted by Gasteiger charge is 2.48. The Morgan fingerprint density at radius 1 is 0.950 bits per heavy atom. The molecule has 2 aliphatic rings. The number of amides is 2. The fourth-order valence-corrected chi connectivity index (χ4v) is 6.04. The number of piperazine rings is 1. The molecule has 1 fully saturated rings. The number of aromatic nitrogens is 1. The van der Waals surface area contributed by atoms with Gasteiger partial charge < -0.3 is 29.0 Å². The van der Waals surface area contributed by atoms with Crippen LogP contribution in [-0.4, -0.2) is 66.6 Å². The Morgan fingerprint density at radius 3 is 2.50 bits per heavy atom. The van der Waals surface area contributed by atoms with E-state index in [1.165, 1.54) is 0 Å². The van der Waals surface area contributed by atoms with Crippen LogP contribution in [0.3, 0.4) is 0 Å². The van der Waals surface area contributed by atoms with Gasteiger partial charge in [0.2, 0.25) is 11.8 Å². The number of methoxy groups -OCH3 is 2. The van der Waals surface area contributed by atoms with E-state index in [0.717, 1.165) is 39.0 Å². The van der Waals surface area contributed by atoms with Gasteiger partial charge in [0.05, 0.1) is 33.4 Å². The predicted molar refractivity (Wildman–Crippen MR) is 152 cm³/mol. The Balaban J connectivity index is 1.37. The summed E-state index contributed by atoms with van der Waals surface area (Å²) in [5.74, 6) is 1.94. The molecule has 40 heavy (non-hydrogen) atoms. The van der Waals surface area contributed by atoms with Gasteiger partial charge in [-0.1, -0.05) is 36.4 Å². The molecule has 3 heterocycles. The number of carbonyl (C=O) groups excluding carboxylic acids is 2. The zero-order valence-corrected chi connectivity index (χ0v) is 23.0. The molecule has 3 aromatic carbocycles. The van der Waals surface area contributed by atoms with Crippen LogP contribution in [0.4, 0.5) is 0 Å². The molecule has 6 rings (SSSR count). The fraction of sp³-hybridized carbons (Fsp3) is 0.312. The number of benzene rings is 3. The van der Waals surface area contributed by atoms with Gasteiger partial charge in [-0.25, -0.2) is 0 Å². The quantitative estimate of drug-likeness (QED) is 0.356. The van der Waals surface area contributed by atoms with Crippen LogP contribution < -0.4 is 14.2 Å². The second kappa shape index (κ2) is 10.6. The smallest absolute Gasteiger partial charge is 0.246 e. The molecule has 1 N–H and O–H groups in total. The van der Waals surface area contributed by atoms with E-state index in [4.69, 9.17) is 14.2 Å². The summed E-state index contributed by atoms with van der Waals surface area (Å²) in [6.07, 6.45) is 1.13. The molecule has 2 aliphatic heterocycles. The molecule has 2 atom stereocenters. The lowest BCUT2D eigenvalue weighted by molar-refractivity contribution is -0.158. The topological polar surface area (TPSA) is 84.1 Å². The highest BCUT2D eigenvalue weighted by molar-refractivity contribution is 5.97. The number of hydrogen-bond acceptors (Lipinski definition) is 5. The summed E-state index contributed by atoms with van der Waals surface area (Å²) in [5, 5.41) is 1.08. The summed E-state index contributed by atoms with van der Waals surface area (Å²) in [6, 6.07) is 20.6. The number of hydrogen-bond donors (Lipinski definition) is 1. The van der Waals surface area contributed by atoms with Crippen molar-refractivity contribution in [3.05, 3.63) is 89.1 Å². The van der Waals surface area contributed by atoms with Crippen molar-refractivity contribution < 1.29 is 23.8 Å². The van der Waals surface area contributed by atoms with Crippen molar-refractivity contribution in [2.45, 2.75) is 31.8 Å². The molecule has 0 spiro atoms. The summed E-state index contributed by atoms with van der Waals surface area (Å²) in [5.41, 5.74) is 4.96. The Bertz CT molecular complexity index is 1560. The molecule has 0 bridgehead atoms. The maximum Gasteiger partial charge on any atom is 0.246 e. The number of nitrogens with zero attached hydrogens (tertiary/aromatic N) is 2. The van der Waals surface area contributed by atoms with Gasteiger partial charge in [-0.2, -0.15) is 0 Å². The second-order valence-corrected chi connectivity index (χ2v) is 10.2. The average Bonchev–Trinajstić information content (AvgIpc) is 3.36. The molecule has 8 nitrogen and oxygen atoms in total. The molecule has 1 saturated heterocycles. The van der Waals surface area contributed by atoms with Gasteiger partial charge >= 0.3 is 0 Å². The normalized spacial score (nSPS) is 18.5. The number of nitrogens with one attached hydrogen (secondary N) is 1. The van der Waals surface area contributed by atoms with E-state index in [2.05, 4.69) is 11.1 Å². The summed E-state index contributed by atoms with van der Waals surface area (Å²) < 4.78 is 16.6. The van der Waals surface area contributed by atoms with Gasteiger partial charge in [-0.05, 0) is 60.4 Å². The van der Waals surface area contributed by atoms with Crippen molar-refractivity contribution in [2.75, 3.05) is 33.9 Å². The van der Waals surface area contributed by atoms with Gasteiger partial charge in [0.15, 0.2) is 11.5 Å². The minimum atomic E-state index is -0.591. The van der Waals surface area contributed by atoms with E-state index in [9.17, 15) is 9.59 Å². The van der Waals surface area contributed by atoms with Crippen LogP contribution in [0.2, 0.25) is 0 Å². The molecule has 206 valence electrons. The van der Waals surface area contributed by atoms with Crippen molar-refractivity contribution >= 4 is 22.7 Å². The highest BCUT2D eigenvalue weighted by Crippen LogP contribution is 2.44. The van der Waals surface area contributed by atoms with E-state index < -0.39 is 12.1 Å². The van der Waals surface area contributed by atoms with Crippen molar-refractivity contribution in [1.29, 1.82) is 0 Å². The summed E-state index contributed by atoms with van der Waals surface area (Å²) in [6.45, 7) is 2.96. The maximum atomic E-state index is 14.0. The number of aromatic amines is 1. The lowest BCUT2D eigenvalue weighted by atomic mass is 9.86. The molecule has 8 heteroatoms. The zero-order chi connectivity index (χ0) is 27.8. The summed E-state index contributed by atoms with van der Waals surface area (Å²) >= 11 is 0. The number of fused-ring (bicyclic) bond motifs is 4. The van der Waals surface area contributed by atoms with Crippen LogP contribution in [0.1, 0.15) is 35.3 Å². The fourth-order valence-electron chi connectivity index (χ4n) is 6.04. The summed E-state index contributed by atoms with van der Waals surface area (Å²) in [4.78, 5) is 34.9. The highest BCUT2D eigenvalue weighted by atomic mass is 16.5. The molecule has 0 aliphatic carbocycles. The van der Waals surface area contributed by atoms with Crippen molar-refractivity contribution in [3.63, 3.8) is 0 Å². The predicted octanol–water partition coefficient (Wildman–Crippen LogP) is 4.51. The lowest BCUT2D eigenvalue weighted by Gasteiger charge is -2.47. The number of carbonyl (C=O) groups is 2. The largest absolute Gasteiger partial charge is 0.497 e. The van der Waals surface area contributed by atoms with E-state index in [-0.39, 0.29) is 18.4 Å². The Hall–Kier alpha value is -4.46. The first kappa shape index (κ1) is 25.8. The van der Waals surface area contributed by atoms with Gasteiger partial charge in [-0.3, -0.25) is 9.59 Å². The Kier molecular flexibility index (Phi) is 6.84. The molecule has 4 aromatic rings. The number of para-hydroxylation sites is 1. The minimum Gasteiger partial charge on any atom is -0.497 e. The Morgan fingerprint density at radius 2 is 1.75 bits per heavy atom. The first-order chi connectivity index (χ1) is 19.5. The van der Waals surface area contributed by atoms with Crippen molar-refractivity contribution in [1.82, 2.24) is 14.8 Å². The van der Waals surface area contributed by atoms with Gasteiger partial charge in [0, 0.05) is 29.6 Å². The molecule has 0 radical (unpaired) electrons. The monoisotopic (exact) mass is 539 g/mol. The van der Waals surface area contributed by atoms with Crippen LogP contribution in [-0.2, 0) is 22.4 Å². The van der Waals surface area contributed by atoms with Gasteiger partial charge in [0.25, 0.3) is 0 Å². The van der Waals surface area contributed by atoms with E-state index in [1.54, 1.807) is 24.0 Å². The van der Waals surface area contributed by atoms with Crippen LogP contribution in [0.15, 0.2) is 66.7 Å². The average molecular weight is 540 g/mol. The molecule has 0 unspecified atom stereocenters. The number of H-pyrrole nitrogens is 1. The van der Waals surface area contributed by atoms with E-state index in [1.807, 2.05) is 67.6 Å². The van der Waals surface area contributed by atoms with Crippen LogP contribution in [0, 0.1) is 0 Å². The van der Waals surface area contributed by atoms with Gasteiger partial charge in [0.1, 0.15) is 11.8 Å². The first-order valence-electron chi connectivity index (χ1n) is 13.7. The van der Waals surface area contributed by atoms with Crippen molar-refractivity contribution in [2.24, 2.45) is 0 Å². The van der Waals surface area contributed by atoms with E-state index in [0.29, 0.717) is 37.5 Å². The molecule has 0 saturated carbocycles.